The normalized spacial score (nSPS) is 20.3. The summed E-state index contributed by atoms with van der Waals surface area (Å²) >= 11 is 0. The summed E-state index contributed by atoms with van der Waals surface area (Å²) in [6.07, 6.45) is 1.66. The van der Waals surface area contributed by atoms with Gasteiger partial charge in [-0.2, -0.15) is 0 Å². The number of carbonyl (C=O) groups is 2. The minimum Gasteiger partial charge on any atom is -0.441 e. The Bertz CT molecular complexity index is 754. The Hall–Kier alpha value is -2.63. The minimum atomic E-state index is -0.385. The Morgan fingerprint density at radius 1 is 1.26 bits per heavy atom. The number of aromatic nitrogens is 1. The molecule has 2 amide bonds. The van der Waals surface area contributed by atoms with Crippen molar-refractivity contribution < 1.29 is 14.0 Å². The van der Waals surface area contributed by atoms with E-state index in [0.29, 0.717) is 38.2 Å². The van der Waals surface area contributed by atoms with Crippen molar-refractivity contribution >= 4 is 11.8 Å². The molecule has 2 aliphatic rings. The van der Waals surface area contributed by atoms with Crippen LogP contribution in [0.3, 0.4) is 0 Å². The number of benzene rings is 1. The summed E-state index contributed by atoms with van der Waals surface area (Å²) in [6, 6.07) is 9.35. The standard InChI is InChI=1S/C17H17N3O3/c21-15-7-6-12(18-15)17(22)20-9-8-14-13(10-20)19-16(23-14)11-4-2-1-3-5-11/h1-5,12H,6-10H2,(H,18,21)/t12-/m0/s1. The first-order chi connectivity index (χ1) is 11.2. The Morgan fingerprint density at radius 2 is 2.09 bits per heavy atom. The van der Waals surface area contributed by atoms with Crippen LogP contribution in [0.2, 0.25) is 0 Å². The van der Waals surface area contributed by atoms with E-state index in [1.807, 2.05) is 30.3 Å². The average molecular weight is 311 g/mol. The van der Waals surface area contributed by atoms with Gasteiger partial charge in [0, 0.05) is 24.9 Å². The molecular formula is C17H17N3O3. The van der Waals surface area contributed by atoms with Gasteiger partial charge in [0.2, 0.25) is 17.7 Å². The third kappa shape index (κ3) is 2.60. The summed E-state index contributed by atoms with van der Waals surface area (Å²) in [7, 11) is 0. The van der Waals surface area contributed by atoms with Crippen molar-refractivity contribution in [2.75, 3.05) is 6.54 Å². The first-order valence-electron chi connectivity index (χ1n) is 7.83. The maximum Gasteiger partial charge on any atom is 0.245 e. The number of oxazole rings is 1. The van der Waals surface area contributed by atoms with E-state index in [-0.39, 0.29) is 17.9 Å². The lowest BCUT2D eigenvalue weighted by molar-refractivity contribution is -0.135. The number of hydrogen-bond donors (Lipinski definition) is 1. The quantitative estimate of drug-likeness (QED) is 0.912. The molecule has 3 heterocycles. The molecule has 0 bridgehead atoms. The van der Waals surface area contributed by atoms with Crippen LogP contribution in [0.25, 0.3) is 11.5 Å². The fraction of sp³-hybridized carbons (Fsp3) is 0.353. The van der Waals surface area contributed by atoms with Crippen LogP contribution in [0.4, 0.5) is 0 Å². The van der Waals surface area contributed by atoms with Crippen molar-refractivity contribution in [2.24, 2.45) is 0 Å². The van der Waals surface area contributed by atoms with E-state index in [2.05, 4.69) is 10.3 Å². The molecule has 0 saturated carbocycles. The molecule has 118 valence electrons. The minimum absolute atomic E-state index is 0.0224. The number of nitrogens with zero attached hydrogens (tertiary/aromatic N) is 2. The molecule has 0 unspecified atom stereocenters. The topological polar surface area (TPSA) is 75.4 Å². The van der Waals surface area contributed by atoms with Crippen LogP contribution in [0.15, 0.2) is 34.7 Å². The van der Waals surface area contributed by atoms with Crippen molar-refractivity contribution in [3.8, 4) is 11.5 Å². The Kier molecular flexibility index (Phi) is 3.37. The van der Waals surface area contributed by atoms with Gasteiger partial charge in [-0.1, -0.05) is 18.2 Å². The maximum absolute atomic E-state index is 12.5. The fourth-order valence-electron chi connectivity index (χ4n) is 3.11. The summed E-state index contributed by atoms with van der Waals surface area (Å²) in [6.45, 7) is 1.04. The van der Waals surface area contributed by atoms with E-state index in [0.717, 1.165) is 17.0 Å². The summed E-state index contributed by atoms with van der Waals surface area (Å²) in [4.78, 5) is 30.1. The van der Waals surface area contributed by atoms with E-state index >= 15 is 0 Å². The molecule has 1 aromatic carbocycles. The second-order valence-electron chi connectivity index (χ2n) is 5.92. The van der Waals surface area contributed by atoms with Crippen LogP contribution in [0, 0.1) is 0 Å². The van der Waals surface area contributed by atoms with Crippen molar-refractivity contribution in [3.63, 3.8) is 0 Å². The van der Waals surface area contributed by atoms with Gasteiger partial charge in [-0.05, 0) is 18.6 Å². The first-order valence-corrected chi connectivity index (χ1v) is 7.83. The summed E-state index contributed by atoms with van der Waals surface area (Å²) in [5, 5.41) is 2.73. The smallest absolute Gasteiger partial charge is 0.245 e. The van der Waals surface area contributed by atoms with Gasteiger partial charge in [0.1, 0.15) is 17.5 Å². The molecule has 6 nitrogen and oxygen atoms in total. The average Bonchev–Trinajstić information content (AvgIpc) is 3.20. The summed E-state index contributed by atoms with van der Waals surface area (Å²) in [5.74, 6) is 1.38. The number of nitrogens with one attached hydrogen (secondary N) is 1. The van der Waals surface area contributed by atoms with Crippen LogP contribution < -0.4 is 5.32 Å². The van der Waals surface area contributed by atoms with Crippen molar-refractivity contribution in [1.82, 2.24) is 15.2 Å². The van der Waals surface area contributed by atoms with E-state index in [1.165, 1.54) is 0 Å². The van der Waals surface area contributed by atoms with Crippen molar-refractivity contribution in [2.45, 2.75) is 31.8 Å². The molecule has 2 aromatic rings. The van der Waals surface area contributed by atoms with E-state index < -0.39 is 0 Å². The second kappa shape index (κ2) is 5.53. The SMILES string of the molecule is O=C1CC[C@@H](C(=O)N2CCc3oc(-c4ccccc4)nc3C2)N1. The Labute approximate surface area is 133 Å². The van der Waals surface area contributed by atoms with Crippen LogP contribution in [-0.2, 0) is 22.6 Å². The lowest BCUT2D eigenvalue weighted by Gasteiger charge is -2.27. The number of carbonyl (C=O) groups excluding carboxylic acids is 2. The van der Waals surface area contributed by atoms with Crippen LogP contribution >= 0.6 is 0 Å². The van der Waals surface area contributed by atoms with E-state index in [9.17, 15) is 9.59 Å². The van der Waals surface area contributed by atoms with Gasteiger partial charge in [-0.15, -0.1) is 0 Å². The number of hydrogen-bond acceptors (Lipinski definition) is 4. The third-order valence-electron chi connectivity index (χ3n) is 4.35. The van der Waals surface area contributed by atoms with Crippen LogP contribution in [0.1, 0.15) is 24.3 Å². The molecule has 1 fully saturated rings. The zero-order chi connectivity index (χ0) is 15.8. The maximum atomic E-state index is 12.5. The summed E-state index contributed by atoms with van der Waals surface area (Å²) in [5.41, 5.74) is 1.75. The molecule has 6 heteroatoms. The largest absolute Gasteiger partial charge is 0.441 e. The van der Waals surface area contributed by atoms with Gasteiger partial charge in [-0.3, -0.25) is 9.59 Å². The lowest BCUT2D eigenvalue weighted by Crippen LogP contribution is -2.46. The summed E-state index contributed by atoms with van der Waals surface area (Å²) < 4.78 is 5.84. The molecule has 2 aliphatic heterocycles. The Balaban J connectivity index is 1.52. The monoisotopic (exact) mass is 311 g/mol. The van der Waals surface area contributed by atoms with Gasteiger partial charge < -0.3 is 14.6 Å². The molecule has 0 aliphatic carbocycles. The third-order valence-corrected chi connectivity index (χ3v) is 4.35. The zero-order valence-electron chi connectivity index (χ0n) is 12.6. The lowest BCUT2D eigenvalue weighted by atomic mass is 10.1. The molecule has 1 aromatic heterocycles. The zero-order valence-corrected chi connectivity index (χ0v) is 12.6. The highest BCUT2D eigenvalue weighted by atomic mass is 16.4. The van der Waals surface area contributed by atoms with Crippen LogP contribution in [-0.4, -0.2) is 34.3 Å². The van der Waals surface area contributed by atoms with Gasteiger partial charge in [0.25, 0.3) is 0 Å². The van der Waals surface area contributed by atoms with Gasteiger partial charge in [0.15, 0.2) is 0 Å². The second-order valence-corrected chi connectivity index (χ2v) is 5.92. The predicted molar refractivity (Wildman–Crippen MR) is 82.2 cm³/mol. The predicted octanol–water partition coefficient (Wildman–Crippen LogP) is 1.50. The number of rotatable bonds is 2. The molecule has 1 saturated heterocycles. The first kappa shape index (κ1) is 14.0. The number of amides is 2. The highest BCUT2D eigenvalue weighted by Gasteiger charge is 2.33. The van der Waals surface area contributed by atoms with Gasteiger partial charge >= 0.3 is 0 Å². The Morgan fingerprint density at radius 3 is 2.83 bits per heavy atom. The van der Waals surface area contributed by atoms with Gasteiger partial charge in [-0.25, -0.2) is 4.98 Å². The van der Waals surface area contributed by atoms with E-state index in [4.69, 9.17) is 4.42 Å². The molecule has 0 radical (unpaired) electrons. The highest BCUT2D eigenvalue weighted by molar-refractivity contribution is 5.90. The molecule has 4 rings (SSSR count). The highest BCUT2D eigenvalue weighted by Crippen LogP contribution is 2.26. The molecule has 1 N–H and O–H groups in total. The molecule has 1 atom stereocenters. The van der Waals surface area contributed by atoms with Crippen LogP contribution in [0.5, 0.6) is 0 Å². The van der Waals surface area contributed by atoms with Crippen molar-refractivity contribution in [3.05, 3.63) is 41.8 Å². The number of fused-ring (bicyclic) bond motifs is 1. The molecule has 23 heavy (non-hydrogen) atoms. The molecule has 0 spiro atoms. The molecular weight excluding hydrogens is 294 g/mol. The van der Waals surface area contributed by atoms with E-state index in [1.54, 1.807) is 4.90 Å². The fourth-order valence-corrected chi connectivity index (χ4v) is 3.11. The van der Waals surface area contributed by atoms with Crippen molar-refractivity contribution in [1.29, 1.82) is 0 Å². The van der Waals surface area contributed by atoms with Gasteiger partial charge in [0.05, 0.1) is 6.54 Å².